The normalized spacial score (nSPS) is 11.9. The summed E-state index contributed by atoms with van der Waals surface area (Å²) in [7, 11) is 0. The average molecular weight is 375 g/mol. The van der Waals surface area contributed by atoms with Crippen LogP contribution >= 0.6 is 11.6 Å². The van der Waals surface area contributed by atoms with E-state index in [1.54, 1.807) is 0 Å². The summed E-state index contributed by atoms with van der Waals surface area (Å²) >= 11 is 6.48. The second-order valence-electron chi connectivity index (χ2n) is 7.94. The smallest absolute Gasteiger partial charge is 0.142 e. The summed E-state index contributed by atoms with van der Waals surface area (Å²) < 4.78 is 2.25. The standard InChI is InChI=1S/C24H23ClN2/c1-24(2,3)18-14-12-17(13-15-18)16-27-22-11-7-6-10-21(22)26-23(27)19-8-4-5-9-20(19)25/h4-15H,16H2,1-3H3. The van der Waals surface area contributed by atoms with E-state index in [9.17, 15) is 0 Å². The quantitative estimate of drug-likeness (QED) is 0.390. The van der Waals surface area contributed by atoms with Crippen LogP contribution < -0.4 is 0 Å². The van der Waals surface area contributed by atoms with Crippen LogP contribution in [0.1, 0.15) is 31.9 Å². The molecule has 1 aromatic heterocycles. The lowest BCUT2D eigenvalue weighted by molar-refractivity contribution is 0.590. The SMILES string of the molecule is CC(C)(C)c1ccc(Cn2c(-c3ccccc3Cl)nc3ccccc32)cc1. The maximum absolute atomic E-state index is 6.48. The Kier molecular flexibility index (Phi) is 4.53. The van der Waals surface area contributed by atoms with Crippen molar-refractivity contribution in [1.29, 1.82) is 0 Å². The van der Waals surface area contributed by atoms with Crippen LogP contribution in [0.3, 0.4) is 0 Å². The van der Waals surface area contributed by atoms with Crippen molar-refractivity contribution in [1.82, 2.24) is 9.55 Å². The molecule has 0 aliphatic rings. The molecule has 0 saturated heterocycles. The van der Waals surface area contributed by atoms with Gasteiger partial charge in [0.2, 0.25) is 0 Å². The molecule has 0 saturated carbocycles. The van der Waals surface area contributed by atoms with Gasteiger partial charge in [0.1, 0.15) is 5.82 Å². The molecule has 27 heavy (non-hydrogen) atoms. The van der Waals surface area contributed by atoms with E-state index in [2.05, 4.69) is 67.8 Å². The van der Waals surface area contributed by atoms with Gasteiger partial charge >= 0.3 is 0 Å². The molecule has 136 valence electrons. The number of rotatable bonds is 3. The summed E-state index contributed by atoms with van der Waals surface area (Å²) in [4.78, 5) is 4.88. The number of hydrogen-bond donors (Lipinski definition) is 0. The van der Waals surface area contributed by atoms with Crippen LogP contribution in [0.15, 0.2) is 72.8 Å². The molecule has 1 heterocycles. The Balaban J connectivity index is 1.81. The molecule has 3 heteroatoms. The van der Waals surface area contributed by atoms with Crippen molar-refractivity contribution in [3.63, 3.8) is 0 Å². The molecular weight excluding hydrogens is 352 g/mol. The zero-order valence-corrected chi connectivity index (χ0v) is 16.7. The van der Waals surface area contributed by atoms with Crippen molar-refractivity contribution in [2.75, 3.05) is 0 Å². The lowest BCUT2D eigenvalue weighted by atomic mass is 9.87. The van der Waals surface area contributed by atoms with E-state index in [0.717, 1.165) is 34.0 Å². The molecule has 0 aliphatic carbocycles. The maximum atomic E-state index is 6.48. The molecule has 0 amide bonds. The summed E-state index contributed by atoms with van der Waals surface area (Å²) in [5.74, 6) is 0.904. The van der Waals surface area contributed by atoms with Crippen molar-refractivity contribution in [2.45, 2.75) is 32.7 Å². The van der Waals surface area contributed by atoms with E-state index in [0.29, 0.717) is 0 Å². The molecule has 0 bridgehead atoms. The van der Waals surface area contributed by atoms with Gasteiger partial charge in [0.25, 0.3) is 0 Å². The number of imidazole rings is 1. The van der Waals surface area contributed by atoms with Gasteiger partial charge in [0.05, 0.1) is 16.1 Å². The van der Waals surface area contributed by atoms with Gasteiger partial charge in [-0.05, 0) is 40.8 Å². The first-order valence-electron chi connectivity index (χ1n) is 9.23. The van der Waals surface area contributed by atoms with Gasteiger partial charge in [-0.1, -0.05) is 80.9 Å². The van der Waals surface area contributed by atoms with Crippen molar-refractivity contribution in [3.05, 3.63) is 88.9 Å². The number of fused-ring (bicyclic) bond motifs is 1. The summed E-state index contributed by atoms with van der Waals surface area (Å²) in [5, 5.41) is 0.720. The van der Waals surface area contributed by atoms with Crippen molar-refractivity contribution < 1.29 is 0 Å². The Hall–Kier alpha value is -2.58. The van der Waals surface area contributed by atoms with Crippen LogP contribution in [-0.4, -0.2) is 9.55 Å². The molecule has 0 aliphatic heterocycles. The fourth-order valence-electron chi connectivity index (χ4n) is 3.38. The molecule has 2 nitrogen and oxygen atoms in total. The Morgan fingerprint density at radius 3 is 2.22 bits per heavy atom. The fourth-order valence-corrected chi connectivity index (χ4v) is 3.60. The minimum atomic E-state index is 0.156. The highest BCUT2D eigenvalue weighted by molar-refractivity contribution is 6.33. The number of aromatic nitrogens is 2. The number of para-hydroxylation sites is 2. The first-order valence-corrected chi connectivity index (χ1v) is 9.61. The third-order valence-corrected chi connectivity index (χ3v) is 5.26. The van der Waals surface area contributed by atoms with Crippen LogP contribution in [-0.2, 0) is 12.0 Å². The lowest BCUT2D eigenvalue weighted by Crippen LogP contribution is -2.11. The van der Waals surface area contributed by atoms with E-state index in [1.165, 1.54) is 11.1 Å². The molecule has 0 spiro atoms. The highest BCUT2D eigenvalue weighted by atomic mass is 35.5. The predicted octanol–water partition coefficient (Wildman–Crippen LogP) is 6.70. The Morgan fingerprint density at radius 2 is 1.52 bits per heavy atom. The van der Waals surface area contributed by atoms with Crippen LogP contribution in [0.2, 0.25) is 5.02 Å². The van der Waals surface area contributed by atoms with Crippen molar-refractivity contribution in [3.8, 4) is 11.4 Å². The Bertz CT molecular complexity index is 1090. The first kappa shape index (κ1) is 17.8. The van der Waals surface area contributed by atoms with Crippen LogP contribution in [0, 0.1) is 0 Å². The molecule has 4 rings (SSSR count). The van der Waals surface area contributed by atoms with Gasteiger partial charge in [-0.2, -0.15) is 0 Å². The van der Waals surface area contributed by atoms with E-state index >= 15 is 0 Å². The van der Waals surface area contributed by atoms with E-state index < -0.39 is 0 Å². The van der Waals surface area contributed by atoms with Crippen molar-refractivity contribution in [2.24, 2.45) is 0 Å². The fraction of sp³-hybridized carbons (Fsp3) is 0.208. The molecule has 0 radical (unpaired) electrons. The van der Waals surface area contributed by atoms with Crippen LogP contribution in [0.25, 0.3) is 22.4 Å². The van der Waals surface area contributed by atoms with Crippen LogP contribution in [0.4, 0.5) is 0 Å². The zero-order chi connectivity index (χ0) is 19.0. The van der Waals surface area contributed by atoms with Crippen LogP contribution in [0.5, 0.6) is 0 Å². The number of nitrogens with zero attached hydrogens (tertiary/aromatic N) is 2. The molecule has 0 N–H and O–H groups in total. The van der Waals surface area contributed by atoms with Gasteiger partial charge in [-0.15, -0.1) is 0 Å². The maximum Gasteiger partial charge on any atom is 0.142 e. The van der Waals surface area contributed by atoms with Gasteiger partial charge < -0.3 is 4.57 Å². The van der Waals surface area contributed by atoms with Gasteiger partial charge in [0, 0.05) is 12.1 Å². The average Bonchev–Trinajstić information content (AvgIpc) is 3.00. The number of benzene rings is 3. The third-order valence-electron chi connectivity index (χ3n) is 4.93. The summed E-state index contributed by atoms with van der Waals surface area (Å²) in [6.07, 6.45) is 0. The molecule has 4 aromatic rings. The Labute approximate surface area is 165 Å². The second-order valence-corrected chi connectivity index (χ2v) is 8.34. The van der Waals surface area contributed by atoms with E-state index in [4.69, 9.17) is 16.6 Å². The molecular formula is C24H23ClN2. The van der Waals surface area contributed by atoms with E-state index in [-0.39, 0.29) is 5.41 Å². The minimum Gasteiger partial charge on any atom is -0.319 e. The zero-order valence-electron chi connectivity index (χ0n) is 15.9. The number of hydrogen-bond acceptors (Lipinski definition) is 1. The number of halogens is 1. The van der Waals surface area contributed by atoms with Gasteiger partial charge in [0.15, 0.2) is 0 Å². The third kappa shape index (κ3) is 3.50. The molecule has 0 fully saturated rings. The predicted molar refractivity (Wildman–Crippen MR) is 114 cm³/mol. The summed E-state index contributed by atoms with van der Waals surface area (Å²) in [6, 6.07) is 25.0. The van der Waals surface area contributed by atoms with Crippen molar-refractivity contribution >= 4 is 22.6 Å². The highest BCUT2D eigenvalue weighted by Crippen LogP contribution is 2.31. The lowest BCUT2D eigenvalue weighted by Gasteiger charge is -2.19. The second kappa shape index (κ2) is 6.86. The Morgan fingerprint density at radius 1 is 0.852 bits per heavy atom. The van der Waals surface area contributed by atoms with E-state index in [1.807, 2.05) is 30.3 Å². The minimum absolute atomic E-state index is 0.156. The largest absolute Gasteiger partial charge is 0.319 e. The topological polar surface area (TPSA) is 17.8 Å². The first-order chi connectivity index (χ1) is 12.9. The molecule has 3 aromatic carbocycles. The van der Waals surface area contributed by atoms with Gasteiger partial charge in [-0.3, -0.25) is 0 Å². The van der Waals surface area contributed by atoms with Gasteiger partial charge in [-0.25, -0.2) is 4.98 Å². The monoisotopic (exact) mass is 374 g/mol. The summed E-state index contributed by atoms with van der Waals surface area (Å²) in [5.41, 5.74) is 5.81. The highest BCUT2D eigenvalue weighted by Gasteiger charge is 2.16. The molecule has 0 atom stereocenters. The summed E-state index contributed by atoms with van der Waals surface area (Å²) in [6.45, 7) is 7.47. The molecule has 0 unspecified atom stereocenters.